The van der Waals surface area contributed by atoms with E-state index in [1.54, 1.807) is 0 Å². The summed E-state index contributed by atoms with van der Waals surface area (Å²) in [5, 5.41) is 6.85. The molecule has 1 aromatic carbocycles. The third-order valence-corrected chi connectivity index (χ3v) is 4.31. The van der Waals surface area contributed by atoms with Crippen LogP contribution in [0.2, 0.25) is 0 Å². The number of aromatic amines is 1. The van der Waals surface area contributed by atoms with E-state index in [9.17, 15) is 0 Å². The average molecular weight is 311 g/mol. The molecule has 23 heavy (non-hydrogen) atoms. The molecule has 0 saturated heterocycles. The number of nitrogens with zero attached hydrogens (tertiary/aromatic N) is 2. The predicted molar refractivity (Wildman–Crippen MR) is 94.2 cm³/mol. The molecule has 3 N–H and O–H groups in total. The highest BCUT2D eigenvalue weighted by molar-refractivity contribution is 5.79. The molecule has 1 heterocycles. The van der Waals surface area contributed by atoms with E-state index in [2.05, 4.69) is 37.7 Å². The lowest BCUT2D eigenvalue weighted by molar-refractivity contribution is 0.410. The first-order valence-electron chi connectivity index (χ1n) is 8.41. The van der Waals surface area contributed by atoms with Crippen LogP contribution in [-0.4, -0.2) is 29.0 Å². The third-order valence-electron chi connectivity index (χ3n) is 4.31. The van der Waals surface area contributed by atoms with Gasteiger partial charge in [-0.3, -0.25) is 4.99 Å². The molecule has 122 valence electrons. The van der Waals surface area contributed by atoms with E-state index < -0.39 is 0 Å². The van der Waals surface area contributed by atoms with Crippen LogP contribution >= 0.6 is 0 Å². The Hall–Kier alpha value is -2.30. The third kappa shape index (κ3) is 4.34. The van der Waals surface area contributed by atoms with E-state index in [4.69, 9.17) is 0 Å². The molecule has 5 nitrogen and oxygen atoms in total. The second-order valence-corrected chi connectivity index (χ2v) is 6.01. The highest BCUT2D eigenvalue weighted by Gasteiger charge is 2.14. The van der Waals surface area contributed by atoms with Crippen molar-refractivity contribution in [1.29, 1.82) is 0 Å². The Kier molecular flexibility index (Phi) is 5.29. The fourth-order valence-electron chi connectivity index (χ4n) is 3.02. The highest BCUT2D eigenvalue weighted by Crippen LogP contribution is 2.17. The Morgan fingerprint density at radius 2 is 2.00 bits per heavy atom. The molecule has 1 aliphatic carbocycles. The van der Waals surface area contributed by atoms with Gasteiger partial charge < -0.3 is 15.6 Å². The SMILES string of the molecule is CN=C(NCc1ncc(-c2ccccc2)[nH]1)NC1CCCCC1. The van der Waals surface area contributed by atoms with Gasteiger partial charge in [0.2, 0.25) is 0 Å². The van der Waals surface area contributed by atoms with Gasteiger partial charge in [0.05, 0.1) is 18.4 Å². The molecule has 3 rings (SSSR count). The van der Waals surface area contributed by atoms with E-state index in [1.165, 1.54) is 32.1 Å². The number of hydrogen-bond donors (Lipinski definition) is 3. The van der Waals surface area contributed by atoms with Gasteiger partial charge in [-0.1, -0.05) is 49.6 Å². The van der Waals surface area contributed by atoms with Crippen molar-refractivity contribution in [2.75, 3.05) is 7.05 Å². The molecule has 1 fully saturated rings. The average Bonchev–Trinajstić information content (AvgIpc) is 3.09. The maximum Gasteiger partial charge on any atom is 0.191 e. The van der Waals surface area contributed by atoms with Crippen molar-refractivity contribution in [1.82, 2.24) is 20.6 Å². The Morgan fingerprint density at radius 1 is 1.22 bits per heavy atom. The highest BCUT2D eigenvalue weighted by atomic mass is 15.2. The van der Waals surface area contributed by atoms with Crippen LogP contribution in [0.4, 0.5) is 0 Å². The van der Waals surface area contributed by atoms with Gasteiger partial charge in [-0.05, 0) is 18.4 Å². The van der Waals surface area contributed by atoms with E-state index >= 15 is 0 Å². The zero-order chi connectivity index (χ0) is 15.9. The lowest BCUT2D eigenvalue weighted by Crippen LogP contribution is -2.43. The molecular weight excluding hydrogens is 286 g/mol. The molecule has 0 atom stereocenters. The number of aliphatic imine (C=N–C) groups is 1. The molecule has 2 aromatic rings. The fraction of sp³-hybridized carbons (Fsp3) is 0.444. The molecule has 0 radical (unpaired) electrons. The van der Waals surface area contributed by atoms with Gasteiger partial charge in [0, 0.05) is 13.1 Å². The van der Waals surface area contributed by atoms with Gasteiger partial charge in [-0.25, -0.2) is 4.98 Å². The Bertz CT molecular complexity index is 626. The maximum absolute atomic E-state index is 4.44. The summed E-state index contributed by atoms with van der Waals surface area (Å²) in [4.78, 5) is 12.1. The van der Waals surface area contributed by atoms with E-state index in [0.717, 1.165) is 23.0 Å². The number of aromatic nitrogens is 2. The zero-order valence-corrected chi connectivity index (χ0v) is 13.7. The molecule has 0 bridgehead atoms. The van der Waals surface area contributed by atoms with Crippen LogP contribution in [0.5, 0.6) is 0 Å². The summed E-state index contributed by atoms with van der Waals surface area (Å²) in [5.41, 5.74) is 2.19. The Morgan fingerprint density at radius 3 is 2.74 bits per heavy atom. The van der Waals surface area contributed by atoms with Crippen LogP contribution in [-0.2, 0) is 6.54 Å². The van der Waals surface area contributed by atoms with Gasteiger partial charge in [-0.15, -0.1) is 0 Å². The summed E-state index contributed by atoms with van der Waals surface area (Å²) in [7, 11) is 1.82. The van der Waals surface area contributed by atoms with Crippen LogP contribution in [0.1, 0.15) is 37.9 Å². The molecule has 1 saturated carbocycles. The van der Waals surface area contributed by atoms with Gasteiger partial charge >= 0.3 is 0 Å². The van der Waals surface area contributed by atoms with E-state index in [1.807, 2.05) is 31.4 Å². The van der Waals surface area contributed by atoms with Crippen LogP contribution in [0.3, 0.4) is 0 Å². The van der Waals surface area contributed by atoms with Gasteiger partial charge in [-0.2, -0.15) is 0 Å². The number of imidazole rings is 1. The topological polar surface area (TPSA) is 65.1 Å². The van der Waals surface area contributed by atoms with Gasteiger partial charge in [0.15, 0.2) is 5.96 Å². The molecule has 1 aliphatic rings. The lowest BCUT2D eigenvalue weighted by atomic mass is 9.96. The smallest absolute Gasteiger partial charge is 0.191 e. The Labute approximate surface area is 137 Å². The molecule has 0 spiro atoms. The number of hydrogen-bond acceptors (Lipinski definition) is 2. The molecule has 0 unspecified atom stereocenters. The van der Waals surface area contributed by atoms with Crippen molar-refractivity contribution in [2.24, 2.45) is 4.99 Å². The van der Waals surface area contributed by atoms with Crippen molar-refractivity contribution in [3.63, 3.8) is 0 Å². The first-order valence-corrected chi connectivity index (χ1v) is 8.41. The van der Waals surface area contributed by atoms with Crippen LogP contribution in [0, 0.1) is 0 Å². The van der Waals surface area contributed by atoms with Crippen LogP contribution in [0.15, 0.2) is 41.5 Å². The zero-order valence-electron chi connectivity index (χ0n) is 13.7. The minimum absolute atomic E-state index is 0.548. The number of H-pyrrole nitrogens is 1. The largest absolute Gasteiger partial charge is 0.354 e. The van der Waals surface area contributed by atoms with Gasteiger partial charge in [0.1, 0.15) is 5.82 Å². The number of nitrogens with one attached hydrogen (secondary N) is 3. The monoisotopic (exact) mass is 311 g/mol. The van der Waals surface area contributed by atoms with Crippen LogP contribution < -0.4 is 10.6 Å². The van der Waals surface area contributed by atoms with Crippen molar-refractivity contribution < 1.29 is 0 Å². The van der Waals surface area contributed by atoms with E-state index in [-0.39, 0.29) is 0 Å². The first-order chi connectivity index (χ1) is 11.3. The molecule has 5 heteroatoms. The molecular formula is C18H25N5. The molecule has 1 aromatic heterocycles. The summed E-state index contributed by atoms with van der Waals surface area (Å²) in [6.45, 7) is 0.638. The minimum atomic E-state index is 0.548. The van der Waals surface area contributed by atoms with E-state index in [0.29, 0.717) is 12.6 Å². The van der Waals surface area contributed by atoms with Crippen molar-refractivity contribution >= 4 is 5.96 Å². The molecule has 0 amide bonds. The first kappa shape index (κ1) is 15.6. The quantitative estimate of drug-likeness (QED) is 0.600. The standard InChI is InChI=1S/C18H25N5/c1-19-18(22-15-10-6-3-7-11-15)21-13-17-20-12-16(23-17)14-8-4-2-5-9-14/h2,4-5,8-9,12,15H,3,6-7,10-11,13H2,1H3,(H,20,23)(H2,19,21,22). The number of benzene rings is 1. The Balaban J connectivity index is 1.54. The number of guanidine groups is 1. The van der Waals surface area contributed by atoms with Crippen molar-refractivity contribution in [3.05, 3.63) is 42.4 Å². The molecule has 0 aliphatic heterocycles. The summed E-state index contributed by atoms with van der Waals surface area (Å²) < 4.78 is 0. The summed E-state index contributed by atoms with van der Waals surface area (Å²) in [5.74, 6) is 1.77. The maximum atomic E-state index is 4.44. The van der Waals surface area contributed by atoms with Crippen molar-refractivity contribution in [3.8, 4) is 11.3 Å². The van der Waals surface area contributed by atoms with Crippen molar-refractivity contribution in [2.45, 2.75) is 44.7 Å². The second kappa shape index (κ2) is 7.81. The second-order valence-electron chi connectivity index (χ2n) is 6.01. The normalized spacial score (nSPS) is 16.3. The fourth-order valence-corrected chi connectivity index (χ4v) is 3.02. The lowest BCUT2D eigenvalue weighted by Gasteiger charge is -2.24. The summed E-state index contributed by atoms with van der Waals surface area (Å²) in [6.07, 6.45) is 8.34. The predicted octanol–water partition coefficient (Wildman–Crippen LogP) is 3.07. The number of rotatable bonds is 4. The van der Waals surface area contributed by atoms with Gasteiger partial charge in [0.25, 0.3) is 0 Å². The summed E-state index contributed by atoms with van der Waals surface area (Å²) in [6, 6.07) is 10.8. The minimum Gasteiger partial charge on any atom is -0.354 e. The van der Waals surface area contributed by atoms with Crippen LogP contribution in [0.25, 0.3) is 11.3 Å². The summed E-state index contributed by atoms with van der Waals surface area (Å²) >= 11 is 0.